The van der Waals surface area contributed by atoms with Crippen LogP contribution in [0, 0.1) is 5.41 Å². The van der Waals surface area contributed by atoms with Gasteiger partial charge in [0.25, 0.3) is 0 Å². The molecule has 0 saturated carbocycles. The number of carbonyl (C=O) groups excluding carboxylic acids is 1. The number of ether oxygens (including phenoxy) is 1. The highest BCUT2D eigenvalue weighted by molar-refractivity contribution is 5.78. The number of rotatable bonds is 3. The van der Waals surface area contributed by atoms with Gasteiger partial charge in [-0.25, -0.2) is 0 Å². The lowest BCUT2D eigenvalue weighted by Gasteiger charge is -2.20. The quantitative estimate of drug-likeness (QED) is 0.495. The van der Waals surface area contributed by atoms with Gasteiger partial charge in [-0.1, -0.05) is 18.6 Å². The van der Waals surface area contributed by atoms with Gasteiger partial charge < -0.3 is 4.74 Å². The van der Waals surface area contributed by atoms with Crippen LogP contribution < -0.4 is 0 Å². The van der Waals surface area contributed by atoms with Gasteiger partial charge >= 0.3 is 5.97 Å². The molecule has 0 aromatic carbocycles. The summed E-state index contributed by atoms with van der Waals surface area (Å²) in [5, 5.41) is 0. The smallest absolute Gasteiger partial charge is 0.312 e. The molecule has 0 amide bonds. The minimum atomic E-state index is -0.211. The third-order valence-corrected chi connectivity index (χ3v) is 2.82. The highest BCUT2D eigenvalue weighted by atomic mass is 16.5. The molecule has 13 heavy (non-hydrogen) atoms. The second-order valence-electron chi connectivity index (χ2n) is 4.01. The molecule has 1 aliphatic heterocycles. The van der Waals surface area contributed by atoms with Crippen molar-refractivity contribution >= 4 is 5.97 Å². The summed E-state index contributed by atoms with van der Waals surface area (Å²) in [6.07, 6.45) is 4.74. The minimum absolute atomic E-state index is 0.00694. The summed E-state index contributed by atoms with van der Waals surface area (Å²) in [5.74, 6) is -0.00694. The van der Waals surface area contributed by atoms with Crippen molar-refractivity contribution in [2.45, 2.75) is 40.0 Å². The van der Waals surface area contributed by atoms with E-state index in [0.29, 0.717) is 6.61 Å². The summed E-state index contributed by atoms with van der Waals surface area (Å²) in [6.45, 7) is 6.78. The summed E-state index contributed by atoms with van der Waals surface area (Å²) >= 11 is 0. The van der Waals surface area contributed by atoms with Crippen LogP contribution in [0.15, 0.2) is 11.6 Å². The summed E-state index contributed by atoms with van der Waals surface area (Å²) in [4.78, 5) is 11.5. The Morgan fingerprint density at radius 3 is 2.69 bits per heavy atom. The van der Waals surface area contributed by atoms with Gasteiger partial charge in [0, 0.05) is 0 Å². The van der Waals surface area contributed by atoms with Crippen molar-refractivity contribution in [1.82, 2.24) is 0 Å². The topological polar surface area (TPSA) is 26.3 Å². The van der Waals surface area contributed by atoms with E-state index in [1.807, 2.05) is 0 Å². The molecule has 1 unspecified atom stereocenters. The highest BCUT2D eigenvalue weighted by Gasteiger charge is 2.41. The van der Waals surface area contributed by atoms with Crippen LogP contribution >= 0.6 is 0 Å². The van der Waals surface area contributed by atoms with E-state index < -0.39 is 0 Å². The normalized spacial score (nSPS) is 27.2. The first-order valence-electron chi connectivity index (χ1n) is 4.91. The molecule has 0 aromatic heterocycles. The molecule has 1 saturated heterocycles. The highest BCUT2D eigenvalue weighted by Crippen LogP contribution is 2.37. The number of cyclic esters (lactones) is 1. The van der Waals surface area contributed by atoms with Crippen LogP contribution in [0.3, 0.4) is 0 Å². The SMILES string of the molecule is CCC1(CC=C(C)C)CCOC1=O. The van der Waals surface area contributed by atoms with Crippen molar-refractivity contribution in [3.63, 3.8) is 0 Å². The molecular formula is C11H18O2. The van der Waals surface area contributed by atoms with E-state index >= 15 is 0 Å². The Balaban J connectivity index is 2.70. The van der Waals surface area contributed by atoms with Gasteiger partial charge in [-0.3, -0.25) is 4.79 Å². The maximum atomic E-state index is 11.5. The van der Waals surface area contributed by atoms with E-state index in [9.17, 15) is 4.79 Å². The fourth-order valence-electron chi connectivity index (χ4n) is 1.64. The third kappa shape index (κ3) is 2.11. The molecule has 1 atom stereocenters. The van der Waals surface area contributed by atoms with Crippen LogP contribution in [0.25, 0.3) is 0 Å². The average molecular weight is 182 g/mol. The standard InChI is InChI=1S/C11H18O2/c1-4-11(6-5-9(2)3)7-8-13-10(11)12/h5H,4,6-8H2,1-3H3. The van der Waals surface area contributed by atoms with Crippen LogP contribution in [-0.2, 0) is 9.53 Å². The van der Waals surface area contributed by atoms with Gasteiger partial charge in [0.05, 0.1) is 12.0 Å². The first-order chi connectivity index (χ1) is 6.10. The molecule has 0 bridgehead atoms. The van der Waals surface area contributed by atoms with Gasteiger partial charge in [-0.2, -0.15) is 0 Å². The second-order valence-corrected chi connectivity index (χ2v) is 4.01. The molecule has 1 heterocycles. The van der Waals surface area contributed by atoms with Crippen molar-refractivity contribution in [3.05, 3.63) is 11.6 Å². The lowest BCUT2D eigenvalue weighted by Crippen LogP contribution is -2.24. The minimum Gasteiger partial charge on any atom is -0.465 e. The summed E-state index contributed by atoms with van der Waals surface area (Å²) in [6, 6.07) is 0. The Morgan fingerprint density at radius 2 is 2.31 bits per heavy atom. The Kier molecular flexibility index (Phi) is 3.12. The zero-order valence-electron chi connectivity index (χ0n) is 8.72. The van der Waals surface area contributed by atoms with E-state index in [1.165, 1.54) is 5.57 Å². The molecule has 0 aromatic rings. The van der Waals surface area contributed by atoms with Crippen LogP contribution in [0.2, 0.25) is 0 Å². The van der Waals surface area contributed by atoms with Gasteiger partial charge in [-0.05, 0) is 33.1 Å². The van der Waals surface area contributed by atoms with Gasteiger partial charge in [0.1, 0.15) is 0 Å². The largest absolute Gasteiger partial charge is 0.465 e. The number of carbonyl (C=O) groups is 1. The molecule has 0 aliphatic carbocycles. The number of hydrogen-bond donors (Lipinski definition) is 0. The van der Waals surface area contributed by atoms with Crippen molar-refractivity contribution in [2.75, 3.05) is 6.61 Å². The number of esters is 1. The summed E-state index contributed by atoms with van der Waals surface area (Å²) in [5.41, 5.74) is 1.06. The van der Waals surface area contributed by atoms with Gasteiger partial charge in [0.15, 0.2) is 0 Å². The van der Waals surface area contributed by atoms with E-state index in [0.717, 1.165) is 19.3 Å². The molecule has 74 valence electrons. The van der Waals surface area contributed by atoms with Gasteiger partial charge in [-0.15, -0.1) is 0 Å². The lowest BCUT2D eigenvalue weighted by atomic mass is 9.80. The zero-order valence-corrected chi connectivity index (χ0v) is 8.72. The van der Waals surface area contributed by atoms with Crippen molar-refractivity contribution in [3.8, 4) is 0 Å². The molecule has 0 N–H and O–H groups in total. The molecule has 1 rings (SSSR count). The Morgan fingerprint density at radius 1 is 1.62 bits per heavy atom. The predicted molar refractivity (Wildman–Crippen MR) is 52.3 cm³/mol. The molecule has 0 spiro atoms. The first kappa shape index (κ1) is 10.3. The number of allylic oxidation sites excluding steroid dienone is 2. The molecule has 2 nitrogen and oxygen atoms in total. The lowest BCUT2D eigenvalue weighted by molar-refractivity contribution is -0.146. The van der Waals surface area contributed by atoms with E-state index in [4.69, 9.17) is 4.74 Å². The maximum Gasteiger partial charge on any atom is 0.312 e. The van der Waals surface area contributed by atoms with E-state index in [1.54, 1.807) is 0 Å². The molecule has 1 aliphatic rings. The Bertz CT molecular complexity index is 226. The fourth-order valence-corrected chi connectivity index (χ4v) is 1.64. The van der Waals surface area contributed by atoms with Crippen LogP contribution in [-0.4, -0.2) is 12.6 Å². The predicted octanol–water partition coefficient (Wildman–Crippen LogP) is 2.69. The van der Waals surface area contributed by atoms with Crippen molar-refractivity contribution < 1.29 is 9.53 Å². The monoisotopic (exact) mass is 182 g/mol. The Hall–Kier alpha value is -0.790. The average Bonchev–Trinajstić information content (AvgIpc) is 2.45. The molecule has 1 fully saturated rings. The van der Waals surface area contributed by atoms with E-state index in [-0.39, 0.29) is 11.4 Å². The summed E-state index contributed by atoms with van der Waals surface area (Å²) < 4.78 is 5.02. The summed E-state index contributed by atoms with van der Waals surface area (Å²) in [7, 11) is 0. The van der Waals surface area contributed by atoms with Crippen LogP contribution in [0.4, 0.5) is 0 Å². The maximum absolute atomic E-state index is 11.5. The van der Waals surface area contributed by atoms with Crippen molar-refractivity contribution in [2.24, 2.45) is 5.41 Å². The van der Waals surface area contributed by atoms with Crippen molar-refractivity contribution in [1.29, 1.82) is 0 Å². The van der Waals surface area contributed by atoms with E-state index in [2.05, 4.69) is 26.8 Å². The van der Waals surface area contributed by atoms with Crippen LogP contribution in [0.5, 0.6) is 0 Å². The van der Waals surface area contributed by atoms with Gasteiger partial charge in [0.2, 0.25) is 0 Å². The zero-order chi connectivity index (χ0) is 9.90. The Labute approximate surface area is 80.0 Å². The second kappa shape index (κ2) is 3.95. The molecule has 0 radical (unpaired) electrons. The molecular weight excluding hydrogens is 164 g/mol. The number of hydrogen-bond acceptors (Lipinski definition) is 2. The van der Waals surface area contributed by atoms with Crippen LogP contribution in [0.1, 0.15) is 40.0 Å². The fraction of sp³-hybridized carbons (Fsp3) is 0.727. The third-order valence-electron chi connectivity index (χ3n) is 2.82. The molecule has 2 heteroatoms. The first-order valence-corrected chi connectivity index (χ1v) is 4.91.